The monoisotopic (exact) mass is 431 g/mol. The van der Waals surface area contributed by atoms with Gasteiger partial charge in [0, 0.05) is 35.1 Å². The van der Waals surface area contributed by atoms with Gasteiger partial charge in [-0.15, -0.1) is 0 Å². The molecule has 4 rings (SSSR count). The van der Waals surface area contributed by atoms with Gasteiger partial charge in [0.2, 0.25) is 5.88 Å². The van der Waals surface area contributed by atoms with Gasteiger partial charge < -0.3 is 24.8 Å². The molecule has 2 heterocycles. The molecule has 0 aliphatic heterocycles. The van der Waals surface area contributed by atoms with Gasteiger partial charge in [0.1, 0.15) is 5.75 Å². The van der Waals surface area contributed by atoms with E-state index in [4.69, 9.17) is 9.47 Å². The van der Waals surface area contributed by atoms with E-state index in [1.54, 1.807) is 38.3 Å². The summed E-state index contributed by atoms with van der Waals surface area (Å²) in [4.78, 5) is 17.9. The lowest BCUT2D eigenvalue weighted by molar-refractivity contribution is -0.136. The lowest BCUT2D eigenvalue weighted by atomic mass is 10.1. The first-order chi connectivity index (χ1) is 14.8. The molecule has 0 spiro atoms. The van der Waals surface area contributed by atoms with Crippen molar-refractivity contribution in [1.82, 2.24) is 15.3 Å². The molecule has 9 heteroatoms. The number of hydrogen-bond acceptors (Lipinski definition) is 3. The highest BCUT2D eigenvalue weighted by molar-refractivity contribution is 5.88. The summed E-state index contributed by atoms with van der Waals surface area (Å²) < 4.78 is 50.2. The second-order valence-corrected chi connectivity index (χ2v) is 7.11. The van der Waals surface area contributed by atoms with Gasteiger partial charge in [-0.05, 0) is 37.1 Å². The maximum Gasteiger partial charge on any atom is 0.418 e. The molecule has 0 bridgehead atoms. The summed E-state index contributed by atoms with van der Waals surface area (Å²) in [5, 5.41) is 3.98. The molecule has 0 aliphatic carbocycles. The Bertz CT molecular complexity index is 1260. The standard InChI is InChI=1S/C22H20F3N3O3/c1-12-15(16-4-3-5-17(20(16)27-12)22(23,24)25)8-9-26-21(29)31-19-10-13-6-7-14(30-2)11-18(13)28-19/h3-7,10-11,27-28H,8-9H2,1-2H3,(H,26,29). The molecule has 0 radical (unpaired) electrons. The van der Waals surface area contributed by atoms with Crippen LogP contribution in [0.2, 0.25) is 0 Å². The summed E-state index contributed by atoms with van der Waals surface area (Å²) in [6.45, 7) is 1.92. The van der Waals surface area contributed by atoms with Gasteiger partial charge in [-0.2, -0.15) is 13.2 Å². The topological polar surface area (TPSA) is 79.1 Å². The number of halogens is 3. The SMILES string of the molecule is COc1ccc2cc(OC(=O)NCCc3c(C)[nH]c4c(C(F)(F)F)cccc34)[nH]c2c1. The second kappa shape index (κ2) is 7.90. The number of rotatable bonds is 5. The maximum atomic E-state index is 13.2. The number of methoxy groups -OCH3 is 1. The minimum Gasteiger partial charge on any atom is -0.497 e. The molecule has 4 aromatic rings. The summed E-state index contributed by atoms with van der Waals surface area (Å²) in [6, 6.07) is 11.2. The predicted octanol–water partition coefficient (Wildman–Crippen LogP) is 5.32. The van der Waals surface area contributed by atoms with Gasteiger partial charge >= 0.3 is 12.3 Å². The van der Waals surface area contributed by atoms with E-state index in [9.17, 15) is 18.0 Å². The first kappa shape index (κ1) is 20.6. The molecule has 3 N–H and O–H groups in total. The van der Waals surface area contributed by atoms with Crippen LogP contribution in [0, 0.1) is 6.92 Å². The van der Waals surface area contributed by atoms with Crippen LogP contribution in [0.3, 0.4) is 0 Å². The van der Waals surface area contributed by atoms with Crippen LogP contribution in [0.25, 0.3) is 21.8 Å². The number of fused-ring (bicyclic) bond motifs is 2. The molecule has 0 saturated heterocycles. The van der Waals surface area contributed by atoms with Crippen LogP contribution in [0.5, 0.6) is 11.6 Å². The van der Waals surface area contributed by atoms with E-state index in [0.717, 1.165) is 22.5 Å². The van der Waals surface area contributed by atoms with E-state index in [0.29, 0.717) is 23.3 Å². The fourth-order valence-electron chi connectivity index (χ4n) is 3.65. The fraction of sp³-hybridized carbons (Fsp3) is 0.227. The molecule has 1 amide bonds. The highest BCUT2D eigenvalue weighted by Gasteiger charge is 2.33. The molecule has 0 unspecified atom stereocenters. The van der Waals surface area contributed by atoms with Crippen molar-refractivity contribution in [2.24, 2.45) is 0 Å². The first-order valence-electron chi connectivity index (χ1n) is 9.56. The Kier molecular flexibility index (Phi) is 5.26. The van der Waals surface area contributed by atoms with Crippen LogP contribution in [-0.4, -0.2) is 29.7 Å². The quantitative estimate of drug-likeness (QED) is 0.400. The van der Waals surface area contributed by atoms with Crippen LogP contribution >= 0.6 is 0 Å². The summed E-state index contributed by atoms with van der Waals surface area (Å²) in [5.41, 5.74) is 1.46. The first-order valence-corrected chi connectivity index (χ1v) is 9.56. The Morgan fingerprint density at radius 3 is 2.68 bits per heavy atom. The van der Waals surface area contributed by atoms with Gasteiger partial charge in [-0.3, -0.25) is 0 Å². The Morgan fingerprint density at radius 2 is 1.94 bits per heavy atom. The average molecular weight is 431 g/mol. The Labute approximate surface area is 175 Å². The van der Waals surface area contributed by atoms with Gasteiger partial charge in [0.05, 0.1) is 23.7 Å². The van der Waals surface area contributed by atoms with E-state index >= 15 is 0 Å². The number of para-hydroxylation sites is 1. The van der Waals surface area contributed by atoms with E-state index < -0.39 is 17.8 Å². The zero-order valence-corrected chi connectivity index (χ0v) is 16.8. The summed E-state index contributed by atoms with van der Waals surface area (Å²) >= 11 is 0. The van der Waals surface area contributed by atoms with Crippen molar-refractivity contribution >= 4 is 27.9 Å². The van der Waals surface area contributed by atoms with Crippen molar-refractivity contribution in [3.8, 4) is 11.6 Å². The van der Waals surface area contributed by atoms with Crippen molar-refractivity contribution in [2.45, 2.75) is 19.5 Å². The highest BCUT2D eigenvalue weighted by Crippen LogP contribution is 2.36. The Morgan fingerprint density at radius 1 is 1.13 bits per heavy atom. The molecule has 0 fully saturated rings. The second-order valence-electron chi connectivity index (χ2n) is 7.11. The van der Waals surface area contributed by atoms with Crippen LogP contribution in [0.1, 0.15) is 16.8 Å². The normalized spacial score (nSPS) is 11.8. The number of aromatic amines is 2. The number of hydrogen-bond donors (Lipinski definition) is 3. The van der Waals surface area contributed by atoms with Crippen LogP contribution in [-0.2, 0) is 12.6 Å². The van der Waals surface area contributed by atoms with Gasteiger partial charge in [-0.25, -0.2) is 4.79 Å². The van der Waals surface area contributed by atoms with E-state index in [2.05, 4.69) is 15.3 Å². The third-order valence-corrected chi connectivity index (χ3v) is 5.11. The van der Waals surface area contributed by atoms with Crippen molar-refractivity contribution in [3.63, 3.8) is 0 Å². The van der Waals surface area contributed by atoms with Gasteiger partial charge in [0.25, 0.3) is 0 Å². The zero-order chi connectivity index (χ0) is 22.2. The van der Waals surface area contributed by atoms with Crippen LogP contribution < -0.4 is 14.8 Å². The Hall–Kier alpha value is -3.62. The average Bonchev–Trinajstić information content (AvgIpc) is 3.26. The number of amides is 1. The van der Waals surface area contributed by atoms with Crippen molar-refractivity contribution in [2.75, 3.05) is 13.7 Å². The number of alkyl halides is 3. The van der Waals surface area contributed by atoms with Crippen LogP contribution in [0.15, 0.2) is 42.5 Å². The number of carbonyl (C=O) groups is 1. The molecular formula is C22H20F3N3O3. The van der Waals surface area contributed by atoms with Gasteiger partial charge in [-0.1, -0.05) is 12.1 Å². The molecule has 0 saturated carbocycles. The highest BCUT2D eigenvalue weighted by atomic mass is 19.4. The maximum absolute atomic E-state index is 13.2. The largest absolute Gasteiger partial charge is 0.497 e. The minimum absolute atomic E-state index is 0.0542. The smallest absolute Gasteiger partial charge is 0.418 e. The lowest BCUT2D eigenvalue weighted by Crippen LogP contribution is -2.28. The number of aromatic nitrogens is 2. The molecule has 6 nitrogen and oxygen atoms in total. The zero-order valence-electron chi connectivity index (χ0n) is 16.8. The predicted molar refractivity (Wildman–Crippen MR) is 111 cm³/mol. The number of benzene rings is 2. The molecule has 0 atom stereocenters. The summed E-state index contributed by atoms with van der Waals surface area (Å²) in [5.74, 6) is 0.951. The number of aryl methyl sites for hydroxylation is 1. The molecule has 0 aliphatic rings. The van der Waals surface area contributed by atoms with Gasteiger partial charge in [0.15, 0.2) is 0 Å². The number of ether oxygens (including phenoxy) is 2. The fourth-order valence-corrected chi connectivity index (χ4v) is 3.65. The number of nitrogens with one attached hydrogen (secondary N) is 3. The molecule has 2 aromatic carbocycles. The summed E-state index contributed by atoms with van der Waals surface area (Å²) in [6.07, 6.45) is -4.75. The van der Waals surface area contributed by atoms with E-state index in [1.807, 2.05) is 6.07 Å². The number of carbonyl (C=O) groups excluding carboxylic acids is 1. The summed E-state index contributed by atoms with van der Waals surface area (Å²) in [7, 11) is 1.56. The molecule has 2 aromatic heterocycles. The molecule has 162 valence electrons. The van der Waals surface area contributed by atoms with Crippen molar-refractivity contribution in [3.05, 3.63) is 59.3 Å². The van der Waals surface area contributed by atoms with Crippen molar-refractivity contribution < 1.29 is 27.4 Å². The molecule has 31 heavy (non-hydrogen) atoms. The van der Waals surface area contributed by atoms with E-state index in [1.165, 1.54) is 6.07 Å². The minimum atomic E-state index is -4.44. The Balaban J connectivity index is 1.42. The third-order valence-electron chi connectivity index (χ3n) is 5.11. The molecular weight excluding hydrogens is 411 g/mol. The third kappa shape index (κ3) is 4.16. The van der Waals surface area contributed by atoms with Crippen LogP contribution in [0.4, 0.5) is 18.0 Å². The van der Waals surface area contributed by atoms with E-state index in [-0.39, 0.29) is 17.9 Å². The van der Waals surface area contributed by atoms with Crippen molar-refractivity contribution in [1.29, 1.82) is 0 Å². The number of H-pyrrole nitrogens is 2. The lowest BCUT2D eigenvalue weighted by Gasteiger charge is -2.08.